The first-order chi connectivity index (χ1) is 24.2. The maximum atomic E-state index is 14.5. The molecule has 2 atom stereocenters. The number of ketones is 1. The Labute approximate surface area is 292 Å². The quantitative estimate of drug-likeness (QED) is 0.0794. The lowest BCUT2D eigenvalue weighted by atomic mass is 9.55. The van der Waals surface area contributed by atoms with Crippen molar-refractivity contribution < 1.29 is 28.7 Å². The van der Waals surface area contributed by atoms with Gasteiger partial charge in [-0.2, -0.15) is 5.01 Å². The Morgan fingerprint density at radius 2 is 1.10 bits per heavy atom. The van der Waals surface area contributed by atoms with Crippen LogP contribution in [-0.2, 0) is 9.59 Å². The molecule has 2 bridgehead atoms. The van der Waals surface area contributed by atoms with E-state index in [0.717, 1.165) is 37.8 Å². The molecule has 0 radical (unpaired) electrons. The number of rotatable bonds is 7. The van der Waals surface area contributed by atoms with Gasteiger partial charge in [0.2, 0.25) is 0 Å². The summed E-state index contributed by atoms with van der Waals surface area (Å²) in [4.78, 5) is 69.7. The van der Waals surface area contributed by atoms with Gasteiger partial charge in [0.1, 0.15) is 12.3 Å². The Morgan fingerprint density at radius 1 is 0.640 bits per heavy atom. The number of aryl methyl sites for hydroxylation is 1. The van der Waals surface area contributed by atoms with Crippen molar-refractivity contribution >= 4 is 41.1 Å². The minimum absolute atomic E-state index is 0.158. The van der Waals surface area contributed by atoms with Crippen LogP contribution in [0.25, 0.3) is 0 Å². The number of imide groups is 1. The van der Waals surface area contributed by atoms with Crippen LogP contribution in [0.4, 0.5) is 0 Å². The minimum atomic E-state index is -0.740. The second-order valence-electron chi connectivity index (χ2n) is 12.8. The molecule has 0 spiro atoms. The summed E-state index contributed by atoms with van der Waals surface area (Å²) < 4.78 is 5.48. The van der Waals surface area contributed by atoms with E-state index in [1.165, 1.54) is 48.5 Å². The van der Waals surface area contributed by atoms with Gasteiger partial charge in [-0.15, -0.1) is 0 Å². The maximum absolute atomic E-state index is 14.5. The molecule has 5 aromatic carbocycles. The smallest absolute Gasteiger partial charge is 0.343 e. The summed E-state index contributed by atoms with van der Waals surface area (Å²) in [5.41, 5.74) is 5.73. The summed E-state index contributed by atoms with van der Waals surface area (Å²) in [5.74, 6) is -4.81. The summed E-state index contributed by atoms with van der Waals surface area (Å²) in [6.45, 7) is 1.33. The molecule has 9 heteroatoms. The highest BCUT2D eigenvalue weighted by atomic mass is 35.5. The highest BCUT2D eigenvalue weighted by Crippen LogP contribution is 2.61. The SMILES string of the molecule is Cc1ccc(C(=O)Oc2ccc(C(=O)CN(C(=O)c3ccc(Cl)cc3)N3C(=O)[C@H]4C5c6ccccc6C(c6ccccc65)[C@@H]4C3=O)cc2)cc1. The molecule has 0 aromatic heterocycles. The Kier molecular flexibility index (Phi) is 7.68. The highest BCUT2D eigenvalue weighted by Gasteiger charge is 2.63. The van der Waals surface area contributed by atoms with Crippen molar-refractivity contribution in [3.63, 3.8) is 0 Å². The normalized spacial score (nSPS) is 19.8. The second-order valence-corrected chi connectivity index (χ2v) is 13.3. The second kappa shape index (κ2) is 12.2. The molecule has 1 aliphatic heterocycles. The van der Waals surface area contributed by atoms with Crippen LogP contribution < -0.4 is 4.74 Å². The number of benzene rings is 5. The number of Topliss-reactive ketones (excluding diaryl/α,β-unsaturated/α-hetero) is 1. The van der Waals surface area contributed by atoms with E-state index >= 15 is 0 Å². The molecular weight excluding hydrogens is 652 g/mol. The molecule has 50 heavy (non-hydrogen) atoms. The molecule has 1 fully saturated rings. The average Bonchev–Trinajstić information content (AvgIpc) is 3.40. The fourth-order valence-electron chi connectivity index (χ4n) is 7.67. The third-order valence-electron chi connectivity index (χ3n) is 9.96. The van der Waals surface area contributed by atoms with Gasteiger partial charge in [-0.3, -0.25) is 19.2 Å². The van der Waals surface area contributed by atoms with Gasteiger partial charge in [0, 0.05) is 28.0 Å². The molecule has 1 saturated heterocycles. The fraction of sp³-hybridized carbons (Fsp3) is 0.146. The molecule has 8 nitrogen and oxygen atoms in total. The number of hydrogen-bond donors (Lipinski definition) is 0. The number of ether oxygens (including phenoxy) is 1. The number of esters is 1. The van der Waals surface area contributed by atoms with Crippen molar-refractivity contribution in [3.05, 3.63) is 171 Å². The molecule has 0 N–H and O–H groups in total. The lowest BCUT2D eigenvalue weighted by molar-refractivity contribution is -0.154. The van der Waals surface area contributed by atoms with Gasteiger partial charge in [-0.25, -0.2) is 9.80 Å². The van der Waals surface area contributed by atoms with Crippen molar-refractivity contribution in [2.75, 3.05) is 6.54 Å². The molecule has 3 aliphatic carbocycles. The van der Waals surface area contributed by atoms with E-state index in [4.69, 9.17) is 16.3 Å². The van der Waals surface area contributed by atoms with Gasteiger partial charge in [0.25, 0.3) is 17.7 Å². The number of hydrazine groups is 1. The number of amides is 3. The van der Waals surface area contributed by atoms with Gasteiger partial charge < -0.3 is 4.74 Å². The molecule has 0 unspecified atom stereocenters. The summed E-state index contributed by atoms with van der Waals surface area (Å²) in [6, 6.07) is 34.7. The number of carbonyl (C=O) groups excluding carboxylic acids is 5. The van der Waals surface area contributed by atoms with E-state index in [9.17, 15) is 24.0 Å². The number of hydrogen-bond acceptors (Lipinski definition) is 6. The Balaban J connectivity index is 1.11. The summed E-state index contributed by atoms with van der Waals surface area (Å²) >= 11 is 6.10. The van der Waals surface area contributed by atoms with Crippen molar-refractivity contribution in [1.82, 2.24) is 10.0 Å². The standard InChI is InChI=1S/C41H29ClN2O6/c1-23-10-12-26(13-11-23)41(49)50-28-20-16-24(17-21-28)33(45)22-43(38(46)25-14-18-27(42)19-15-25)44-39(47)36-34-29-6-2-3-7-30(29)35(37(36)40(44)48)32-9-5-4-8-31(32)34/h2-21,34-37H,22H2,1H3/t34?,35?,36-,37-/m0/s1. The fourth-order valence-corrected chi connectivity index (χ4v) is 7.79. The predicted octanol–water partition coefficient (Wildman–Crippen LogP) is 7.00. The monoisotopic (exact) mass is 680 g/mol. The lowest BCUT2D eigenvalue weighted by Crippen LogP contribution is -2.52. The van der Waals surface area contributed by atoms with Crippen LogP contribution in [0.15, 0.2) is 121 Å². The van der Waals surface area contributed by atoms with Crippen LogP contribution >= 0.6 is 11.6 Å². The van der Waals surface area contributed by atoms with Crippen LogP contribution in [0.2, 0.25) is 5.02 Å². The van der Waals surface area contributed by atoms with E-state index in [1.54, 1.807) is 12.1 Å². The van der Waals surface area contributed by atoms with E-state index in [0.29, 0.717) is 10.6 Å². The third kappa shape index (κ3) is 5.11. The number of nitrogens with zero attached hydrogens (tertiary/aromatic N) is 2. The van der Waals surface area contributed by atoms with Crippen molar-refractivity contribution in [2.45, 2.75) is 18.8 Å². The number of carbonyl (C=O) groups is 5. The summed E-state index contributed by atoms with van der Waals surface area (Å²) in [5, 5.41) is 2.27. The van der Waals surface area contributed by atoms with Crippen LogP contribution in [-0.4, -0.2) is 46.0 Å². The Morgan fingerprint density at radius 3 is 1.60 bits per heavy atom. The summed E-state index contributed by atoms with van der Waals surface area (Å²) in [7, 11) is 0. The zero-order valence-corrected chi connectivity index (χ0v) is 27.5. The first-order valence-electron chi connectivity index (χ1n) is 16.3. The molecule has 3 amide bonds. The molecule has 246 valence electrons. The van der Waals surface area contributed by atoms with Crippen molar-refractivity contribution in [1.29, 1.82) is 0 Å². The van der Waals surface area contributed by atoms with Crippen LogP contribution in [0, 0.1) is 18.8 Å². The van der Waals surface area contributed by atoms with E-state index < -0.39 is 47.9 Å². The van der Waals surface area contributed by atoms with E-state index in [1.807, 2.05) is 67.6 Å². The average molecular weight is 681 g/mol. The maximum Gasteiger partial charge on any atom is 0.343 e. The lowest BCUT2D eigenvalue weighted by Gasteiger charge is -2.45. The number of halogens is 1. The Bertz CT molecular complexity index is 2100. The zero-order valence-electron chi connectivity index (χ0n) is 26.8. The molecular formula is C41H29ClN2O6. The molecule has 9 rings (SSSR count). The molecule has 4 aliphatic rings. The molecule has 1 heterocycles. The Hall–Kier alpha value is -5.86. The van der Waals surface area contributed by atoms with Crippen molar-refractivity contribution in [2.24, 2.45) is 11.8 Å². The van der Waals surface area contributed by atoms with Crippen LogP contribution in [0.3, 0.4) is 0 Å². The predicted molar refractivity (Wildman–Crippen MR) is 185 cm³/mol. The van der Waals surface area contributed by atoms with Crippen molar-refractivity contribution in [3.8, 4) is 5.75 Å². The zero-order chi connectivity index (χ0) is 34.7. The topological polar surface area (TPSA) is 101 Å². The third-order valence-corrected chi connectivity index (χ3v) is 10.2. The van der Waals surface area contributed by atoms with Gasteiger partial charge in [0.05, 0.1) is 17.4 Å². The van der Waals surface area contributed by atoms with E-state index in [2.05, 4.69) is 0 Å². The summed E-state index contributed by atoms with van der Waals surface area (Å²) in [6.07, 6.45) is 0. The van der Waals surface area contributed by atoms with Crippen LogP contribution in [0.5, 0.6) is 5.75 Å². The van der Waals surface area contributed by atoms with Gasteiger partial charge in [-0.1, -0.05) is 77.8 Å². The molecule has 0 saturated carbocycles. The van der Waals surface area contributed by atoms with Gasteiger partial charge >= 0.3 is 5.97 Å². The molecule has 5 aromatic rings. The first kappa shape index (κ1) is 31.4. The van der Waals surface area contributed by atoms with E-state index in [-0.39, 0.29) is 28.7 Å². The minimum Gasteiger partial charge on any atom is -0.423 e. The van der Waals surface area contributed by atoms with Crippen LogP contribution in [0.1, 0.15) is 70.7 Å². The largest absolute Gasteiger partial charge is 0.423 e. The highest BCUT2D eigenvalue weighted by molar-refractivity contribution is 6.30. The van der Waals surface area contributed by atoms with Gasteiger partial charge in [0.15, 0.2) is 5.78 Å². The first-order valence-corrected chi connectivity index (χ1v) is 16.6. The van der Waals surface area contributed by atoms with Gasteiger partial charge in [-0.05, 0) is 89.8 Å².